The lowest BCUT2D eigenvalue weighted by molar-refractivity contribution is 0.0335. The van der Waals surface area contributed by atoms with E-state index in [9.17, 15) is 4.79 Å². The second-order valence-electron chi connectivity index (χ2n) is 5.88. The van der Waals surface area contributed by atoms with Crippen LogP contribution in [0, 0.1) is 6.92 Å². The molecule has 6 nitrogen and oxygen atoms in total. The first-order valence-corrected chi connectivity index (χ1v) is 8.16. The van der Waals surface area contributed by atoms with Crippen molar-refractivity contribution in [3.05, 3.63) is 41.1 Å². The van der Waals surface area contributed by atoms with Crippen molar-refractivity contribution in [3.63, 3.8) is 0 Å². The number of ether oxygens (including phenoxy) is 2. The maximum absolute atomic E-state index is 12.4. The van der Waals surface area contributed by atoms with Crippen LogP contribution in [0.4, 0.5) is 5.82 Å². The minimum absolute atomic E-state index is 0.0495. The molecule has 0 saturated carbocycles. The fraction of sp³-hybridized carbons (Fsp3) is 0.444. The summed E-state index contributed by atoms with van der Waals surface area (Å²) in [6.07, 6.45) is 0. The van der Waals surface area contributed by atoms with Crippen molar-refractivity contribution in [2.24, 2.45) is 0 Å². The third-order valence-electron chi connectivity index (χ3n) is 3.64. The zero-order valence-electron chi connectivity index (χ0n) is 14.7. The van der Waals surface area contributed by atoms with Crippen molar-refractivity contribution in [3.8, 4) is 5.69 Å². The third-order valence-corrected chi connectivity index (χ3v) is 3.64. The number of carbonyl (C=O) groups excluding carboxylic acids is 1. The molecule has 0 unspecified atom stereocenters. The van der Waals surface area contributed by atoms with E-state index in [0.29, 0.717) is 30.3 Å². The Kier molecular flexibility index (Phi) is 5.98. The summed E-state index contributed by atoms with van der Waals surface area (Å²) < 4.78 is 12.0. The molecule has 0 aliphatic rings. The van der Waals surface area contributed by atoms with E-state index in [1.54, 1.807) is 4.68 Å². The van der Waals surface area contributed by atoms with Crippen LogP contribution in [0.2, 0.25) is 0 Å². The second kappa shape index (κ2) is 7.97. The predicted octanol–water partition coefficient (Wildman–Crippen LogP) is 3.08. The van der Waals surface area contributed by atoms with Gasteiger partial charge in [0.2, 0.25) is 0 Å². The number of hydrogen-bond donors (Lipinski definition) is 1. The number of hydrogen-bond acceptors (Lipinski definition) is 5. The summed E-state index contributed by atoms with van der Waals surface area (Å²) in [4.78, 5) is 12.4. The van der Waals surface area contributed by atoms with Crippen molar-refractivity contribution in [1.82, 2.24) is 9.78 Å². The first-order chi connectivity index (χ1) is 11.5. The number of rotatable bonds is 7. The molecule has 1 aromatic carbocycles. The maximum atomic E-state index is 12.4. The average molecular weight is 331 g/mol. The van der Waals surface area contributed by atoms with Crippen LogP contribution in [0.25, 0.3) is 5.69 Å². The van der Waals surface area contributed by atoms with Crippen molar-refractivity contribution in [1.29, 1.82) is 0 Å². The molecule has 0 amide bonds. The fourth-order valence-electron chi connectivity index (χ4n) is 2.35. The Morgan fingerprint density at radius 2 is 1.92 bits per heavy atom. The summed E-state index contributed by atoms with van der Waals surface area (Å²) in [7, 11) is 0. The van der Waals surface area contributed by atoms with Crippen molar-refractivity contribution >= 4 is 11.8 Å². The number of carbonyl (C=O) groups is 1. The van der Waals surface area contributed by atoms with E-state index in [1.165, 1.54) is 0 Å². The summed E-state index contributed by atoms with van der Waals surface area (Å²) in [5, 5.41) is 4.53. The van der Waals surface area contributed by atoms with Gasteiger partial charge in [-0.05, 0) is 31.9 Å². The minimum Gasteiger partial charge on any atom is -0.459 e. The van der Waals surface area contributed by atoms with E-state index in [1.807, 2.05) is 52.0 Å². The average Bonchev–Trinajstić information content (AvgIpc) is 2.90. The molecule has 1 heterocycles. The van der Waals surface area contributed by atoms with Gasteiger partial charge in [-0.3, -0.25) is 0 Å². The van der Waals surface area contributed by atoms with Crippen LogP contribution in [-0.2, 0) is 9.47 Å². The molecule has 1 aromatic heterocycles. The Labute approximate surface area is 142 Å². The highest BCUT2D eigenvalue weighted by molar-refractivity contribution is 5.96. The first-order valence-electron chi connectivity index (χ1n) is 8.16. The van der Waals surface area contributed by atoms with Crippen molar-refractivity contribution in [2.45, 2.75) is 33.6 Å². The lowest BCUT2D eigenvalue weighted by atomic mass is 10.1. The molecule has 0 radical (unpaired) electrons. The normalized spacial score (nSPS) is 11.0. The van der Waals surface area contributed by atoms with Gasteiger partial charge in [-0.25, -0.2) is 9.48 Å². The van der Waals surface area contributed by atoms with E-state index in [0.717, 1.165) is 11.3 Å². The molecule has 24 heavy (non-hydrogen) atoms. The molecule has 2 rings (SSSR count). The molecular weight excluding hydrogens is 306 g/mol. The number of benzene rings is 1. The zero-order valence-corrected chi connectivity index (χ0v) is 14.7. The Morgan fingerprint density at radius 3 is 2.50 bits per heavy atom. The number of nitrogens with zero attached hydrogens (tertiary/aromatic N) is 2. The van der Waals surface area contributed by atoms with E-state index < -0.39 is 5.97 Å². The molecule has 2 N–H and O–H groups in total. The highest BCUT2D eigenvalue weighted by Crippen LogP contribution is 2.27. The Morgan fingerprint density at radius 1 is 1.25 bits per heavy atom. The van der Waals surface area contributed by atoms with Crippen molar-refractivity contribution < 1.29 is 14.3 Å². The molecule has 0 bridgehead atoms. The number of anilines is 1. The van der Waals surface area contributed by atoms with Gasteiger partial charge in [-0.1, -0.05) is 31.5 Å². The van der Waals surface area contributed by atoms with Crippen LogP contribution in [0.5, 0.6) is 0 Å². The smallest absolute Gasteiger partial charge is 0.343 e. The van der Waals surface area contributed by atoms with Gasteiger partial charge in [0.1, 0.15) is 18.0 Å². The Hall–Kier alpha value is -2.34. The summed E-state index contributed by atoms with van der Waals surface area (Å²) in [5.74, 6) is -0.119. The predicted molar refractivity (Wildman–Crippen MR) is 93.6 cm³/mol. The summed E-state index contributed by atoms with van der Waals surface area (Å²) in [6, 6.07) is 7.80. The fourth-order valence-corrected chi connectivity index (χ4v) is 2.35. The molecule has 130 valence electrons. The second-order valence-corrected chi connectivity index (χ2v) is 5.88. The highest BCUT2D eigenvalue weighted by Gasteiger charge is 2.25. The molecular formula is C18H25N3O3. The molecule has 0 fully saturated rings. The summed E-state index contributed by atoms with van der Waals surface area (Å²) in [6.45, 7) is 8.99. The number of aryl methyl sites for hydroxylation is 1. The van der Waals surface area contributed by atoms with Crippen molar-refractivity contribution in [2.75, 3.05) is 25.6 Å². The summed E-state index contributed by atoms with van der Waals surface area (Å²) >= 11 is 0. The molecule has 6 heteroatoms. The van der Waals surface area contributed by atoms with Crippen LogP contribution < -0.4 is 5.73 Å². The van der Waals surface area contributed by atoms with E-state index >= 15 is 0 Å². The number of nitrogen functional groups attached to an aromatic ring is 1. The molecule has 0 spiro atoms. The Bertz CT molecular complexity index is 690. The van der Waals surface area contributed by atoms with Gasteiger partial charge < -0.3 is 15.2 Å². The van der Waals surface area contributed by atoms with Gasteiger partial charge in [-0.15, -0.1) is 0 Å². The van der Waals surface area contributed by atoms with Gasteiger partial charge in [0.15, 0.2) is 0 Å². The van der Waals surface area contributed by atoms with Gasteiger partial charge in [0.05, 0.1) is 18.0 Å². The summed E-state index contributed by atoms with van der Waals surface area (Å²) in [5.41, 5.74) is 9.14. The number of nitrogens with two attached hydrogens (primary N) is 1. The quantitative estimate of drug-likeness (QED) is 0.623. The monoisotopic (exact) mass is 331 g/mol. The SMILES string of the molecule is CCOCCOC(=O)c1c(C(C)C)nn(-c2ccc(C)cc2)c1N. The number of aromatic nitrogens is 2. The van der Waals surface area contributed by atoms with E-state index in [4.69, 9.17) is 15.2 Å². The lowest BCUT2D eigenvalue weighted by Gasteiger charge is -2.07. The molecule has 0 aliphatic heterocycles. The Balaban J connectivity index is 2.33. The lowest BCUT2D eigenvalue weighted by Crippen LogP contribution is -2.14. The third kappa shape index (κ3) is 3.94. The first kappa shape index (κ1) is 18.0. The molecule has 0 saturated heterocycles. The molecule has 0 atom stereocenters. The number of esters is 1. The largest absolute Gasteiger partial charge is 0.459 e. The molecule has 2 aromatic rings. The van der Waals surface area contributed by atoms with Crippen LogP contribution in [-0.4, -0.2) is 35.6 Å². The van der Waals surface area contributed by atoms with Gasteiger partial charge in [-0.2, -0.15) is 5.10 Å². The maximum Gasteiger partial charge on any atom is 0.343 e. The van der Waals surface area contributed by atoms with E-state index in [-0.39, 0.29) is 12.5 Å². The van der Waals surface area contributed by atoms with Crippen LogP contribution in [0.3, 0.4) is 0 Å². The van der Waals surface area contributed by atoms with Crippen LogP contribution in [0.15, 0.2) is 24.3 Å². The van der Waals surface area contributed by atoms with Crippen LogP contribution >= 0.6 is 0 Å². The topological polar surface area (TPSA) is 79.4 Å². The van der Waals surface area contributed by atoms with Crippen LogP contribution in [0.1, 0.15) is 48.3 Å². The highest BCUT2D eigenvalue weighted by atomic mass is 16.6. The van der Waals surface area contributed by atoms with Gasteiger partial charge >= 0.3 is 5.97 Å². The van der Waals surface area contributed by atoms with Gasteiger partial charge in [0.25, 0.3) is 0 Å². The minimum atomic E-state index is -0.464. The van der Waals surface area contributed by atoms with E-state index in [2.05, 4.69) is 5.10 Å². The molecule has 0 aliphatic carbocycles. The zero-order chi connectivity index (χ0) is 17.7. The standard InChI is InChI=1S/C18H25N3O3/c1-5-23-10-11-24-18(22)15-16(12(2)3)20-21(17(15)19)14-8-6-13(4)7-9-14/h6-9,12H,5,10-11,19H2,1-4H3. The van der Waals surface area contributed by atoms with Gasteiger partial charge in [0, 0.05) is 6.61 Å².